The van der Waals surface area contributed by atoms with Gasteiger partial charge in [-0.05, 0) is 27.1 Å². The Morgan fingerprint density at radius 3 is 2.80 bits per heavy atom. The van der Waals surface area contributed by atoms with Crippen LogP contribution in [0.1, 0.15) is 11.1 Å². The summed E-state index contributed by atoms with van der Waals surface area (Å²) < 4.78 is 0.553. The predicted molar refractivity (Wildman–Crippen MR) is 78.3 cm³/mol. The highest BCUT2D eigenvalue weighted by atomic mass is 79.9. The number of hydrogen-bond donors (Lipinski definition) is 2. The van der Waals surface area contributed by atoms with Crippen molar-refractivity contribution in [1.29, 1.82) is 0 Å². The first-order valence-corrected chi connectivity index (χ1v) is 6.62. The van der Waals surface area contributed by atoms with Gasteiger partial charge in [0, 0.05) is 23.3 Å². The van der Waals surface area contributed by atoms with E-state index in [-0.39, 0.29) is 18.1 Å². The third-order valence-corrected chi connectivity index (χ3v) is 3.10. The number of nitrogens with zero attached hydrogens (tertiary/aromatic N) is 2. The molecule has 0 radical (unpaired) electrons. The van der Waals surface area contributed by atoms with Crippen molar-refractivity contribution < 1.29 is 10.0 Å². The van der Waals surface area contributed by atoms with E-state index >= 15 is 0 Å². The summed E-state index contributed by atoms with van der Waals surface area (Å²) in [6, 6.07) is 8.74. The number of pyridine rings is 1. The largest absolute Gasteiger partial charge is 0.392 e. The summed E-state index contributed by atoms with van der Waals surface area (Å²) in [5.74, 6) is 0.215. The van der Waals surface area contributed by atoms with Crippen LogP contribution in [0.3, 0.4) is 0 Å². The molecule has 0 unspecified atom stereocenters. The van der Waals surface area contributed by atoms with Crippen LogP contribution in [-0.4, -0.2) is 15.0 Å². The molecule has 1 heterocycles. The molecule has 0 saturated heterocycles. The lowest BCUT2D eigenvalue weighted by Gasteiger charge is -2.07. The van der Waals surface area contributed by atoms with Gasteiger partial charge in [0.05, 0.1) is 11.5 Å². The van der Waals surface area contributed by atoms with Gasteiger partial charge < -0.3 is 10.4 Å². The second-order valence-corrected chi connectivity index (χ2v) is 5.03. The first kappa shape index (κ1) is 14.4. The molecule has 2 rings (SSSR count). The summed E-state index contributed by atoms with van der Waals surface area (Å²) in [7, 11) is 0. The van der Waals surface area contributed by atoms with E-state index < -0.39 is 4.92 Å². The zero-order valence-electron chi connectivity index (χ0n) is 10.4. The van der Waals surface area contributed by atoms with Crippen molar-refractivity contribution >= 4 is 27.4 Å². The molecular weight excluding hydrogens is 326 g/mol. The average Bonchev–Trinajstić information content (AvgIpc) is 2.46. The fraction of sp³-hybridized carbons (Fsp3) is 0.154. The lowest BCUT2D eigenvalue weighted by Crippen LogP contribution is -2.05. The molecule has 6 nitrogen and oxygen atoms in total. The van der Waals surface area contributed by atoms with Crippen LogP contribution in [0.2, 0.25) is 0 Å². The van der Waals surface area contributed by atoms with Crippen LogP contribution < -0.4 is 5.32 Å². The van der Waals surface area contributed by atoms with E-state index in [0.717, 1.165) is 11.1 Å². The number of aromatic nitrogens is 1. The maximum atomic E-state index is 11.0. The second kappa shape index (κ2) is 6.44. The summed E-state index contributed by atoms with van der Waals surface area (Å²) in [4.78, 5) is 14.5. The molecule has 0 atom stereocenters. The van der Waals surface area contributed by atoms with Gasteiger partial charge in [0.15, 0.2) is 0 Å². The van der Waals surface area contributed by atoms with Gasteiger partial charge in [-0.25, -0.2) is 4.98 Å². The molecule has 0 saturated carbocycles. The van der Waals surface area contributed by atoms with Crippen LogP contribution >= 0.6 is 15.9 Å². The maximum absolute atomic E-state index is 11.0. The van der Waals surface area contributed by atoms with Gasteiger partial charge in [-0.2, -0.15) is 0 Å². The van der Waals surface area contributed by atoms with Crippen molar-refractivity contribution in [2.45, 2.75) is 13.2 Å². The number of halogens is 1. The van der Waals surface area contributed by atoms with E-state index in [2.05, 4.69) is 26.2 Å². The summed E-state index contributed by atoms with van der Waals surface area (Å²) >= 11 is 3.16. The Morgan fingerprint density at radius 2 is 2.10 bits per heavy atom. The highest BCUT2D eigenvalue weighted by Crippen LogP contribution is 2.25. The van der Waals surface area contributed by atoms with Gasteiger partial charge >= 0.3 is 5.69 Å². The van der Waals surface area contributed by atoms with Crippen LogP contribution in [-0.2, 0) is 13.2 Å². The number of aliphatic hydroxyl groups excluding tert-OH is 1. The maximum Gasteiger partial charge on any atom is 0.312 e. The van der Waals surface area contributed by atoms with Crippen LogP contribution in [0.4, 0.5) is 11.5 Å². The Kier molecular flexibility index (Phi) is 4.65. The number of anilines is 1. The molecule has 0 aliphatic carbocycles. The molecule has 104 valence electrons. The van der Waals surface area contributed by atoms with Crippen LogP contribution in [0.25, 0.3) is 0 Å². The molecule has 2 aromatic rings. The summed E-state index contributed by atoms with van der Waals surface area (Å²) in [6.45, 7) is 0.355. The molecule has 1 aromatic heterocycles. The fourth-order valence-corrected chi connectivity index (χ4v) is 2.05. The van der Waals surface area contributed by atoms with Crippen LogP contribution in [0, 0.1) is 10.1 Å². The molecule has 0 bridgehead atoms. The minimum Gasteiger partial charge on any atom is -0.392 e. The first-order chi connectivity index (χ1) is 9.60. The minimum absolute atomic E-state index is 0.0372. The second-order valence-electron chi connectivity index (χ2n) is 4.11. The van der Waals surface area contributed by atoms with E-state index in [4.69, 9.17) is 5.11 Å². The molecular formula is C13H12BrN3O3. The number of benzene rings is 1. The lowest BCUT2D eigenvalue weighted by molar-refractivity contribution is -0.384. The number of nitrogens with one attached hydrogen (secondary N) is 1. The molecule has 0 aliphatic rings. The van der Waals surface area contributed by atoms with Gasteiger partial charge in [-0.15, -0.1) is 0 Å². The molecule has 0 amide bonds. The zero-order chi connectivity index (χ0) is 14.5. The SMILES string of the molecule is O=[N+]([O-])c1cc(Br)cnc1NCc1cccc(CO)c1. The molecule has 20 heavy (non-hydrogen) atoms. The van der Waals surface area contributed by atoms with Gasteiger partial charge in [0.1, 0.15) is 0 Å². The highest BCUT2D eigenvalue weighted by molar-refractivity contribution is 9.10. The normalized spacial score (nSPS) is 10.3. The molecule has 0 aliphatic heterocycles. The van der Waals surface area contributed by atoms with Gasteiger partial charge in [0.2, 0.25) is 5.82 Å². The standard InChI is InChI=1S/C13H12BrN3O3/c14-11-5-12(17(19)20)13(16-7-11)15-6-9-2-1-3-10(4-9)8-18/h1-5,7,18H,6,8H2,(H,15,16). The molecule has 7 heteroatoms. The first-order valence-electron chi connectivity index (χ1n) is 5.82. The topological polar surface area (TPSA) is 88.3 Å². The summed E-state index contributed by atoms with van der Waals surface area (Å²) in [5.41, 5.74) is 1.62. The van der Waals surface area contributed by atoms with E-state index in [0.29, 0.717) is 11.0 Å². The average molecular weight is 338 g/mol. The van der Waals surface area contributed by atoms with Gasteiger partial charge in [-0.3, -0.25) is 10.1 Å². The number of rotatable bonds is 5. The number of hydrogen-bond acceptors (Lipinski definition) is 5. The Morgan fingerprint density at radius 1 is 1.35 bits per heavy atom. The zero-order valence-corrected chi connectivity index (χ0v) is 12.0. The summed E-state index contributed by atoms with van der Waals surface area (Å²) in [5, 5.41) is 23.0. The smallest absolute Gasteiger partial charge is 0.312 e. The van der Waals surface area contributed by atoms with E-state index in [1.165, 1.54) is 12.3 Å². The van der Waals surface area contributed by atoms with Crippen molar-refractivity contribution in [3.8, 4) is 0 Å². The van der Waals surface area contributed by atoms with E-state index in [9.17, 15) is 10.1 Å². The van der Waals surface area contributed by atoms with Crippen LogP contribution in [0.5, 0.6) is 0 Å². The quantitative estimate of drug-likeness (QED) is 0.646. The summed E-state index contributed by atoms with van der Waals surface area (Å²) in [6.07, 6.45) is 1.50. The van der Waals surface area contributed by atoms with E-state index in [1.807, 2.05) is 24.3 Å². The monoisotopic (exact) mass is 337 g/mol. The fourth-order valence-electron chi connectivity index (χ4n) is 1.73. The number of aliphatic hydroxyl groups is 1. The van der Waals surface area contributed by atoms with Gasteiger partial charge in [-0.1, -0.05) is 24.3 Å². The Balaban J connectivity index is 2.16. The van der Waals surface area contributed by atoms with Crippen molar-refractivity contribution in [2.24, 2.45) is 0 Å². The third-order valence-electron chi connectivity index (χ3n) is 2.66. The van der Waals surface area contributed by atoms with Gasteiger partial charge in [0.25, 0.3) is 0 Å². The molecule has 0 fully saturated rings. The van der Waals surface area contributed by atoms with Crippen molar-refractivity contribution in [2.75, 3.05) is 5.32 Å². The predicted octanol–water partition coefficient (Wildman–Crippen LogP) is 2.86. The molecule has 0 spiro atoms. The van der Waals surface area contributed by atoms with Crippen molar-refractivity contribution in [3.63, 3.8) is 0 Å². The van der Waals surface area contributed by atoms with Crippen LogP contribution in [0.15, 0.2) is 41.0 Å². The van der Waals surface area contributed by atoms with E-state index in [1.54, 1.807) is 0 Å². The Hall–Kier alpha value is -1.99. The Bertz CT molecular complexity index is 634. The number of nitro groups is 1. The molecule has 1 aromatic carbocycles. The van der Waals surface area contributed by atoms with Crippen molar-refractivity contribution in [1.82, 2.24) is 4.98 Å². The molecule has 2 N–H and O–H groups in total. The lowest BCUT2D eigenvalue weighted by atomic mass is 10.1. The third kappa shape index (κ3) is 3.52. The Labute approximate surface area is 123 Å². The van der Waals surface area contributed by atoms with Crippen molar-refractivity contribution in [3.05, 3.63) is 62.2 Å². The highest BCUT2D eigenvalue weighted by Gasteiger charge is 2.15. The minimum atomic E-state index is -0.482.